The third-order valence-corrected chi connectivity index (χ3v) is 5.82. The topological polar surface area (TPSA) is 15.3 Å². The van der Waals surface area contributed by atoms with Crippen LogP contribution in [0.2, 0.25) is 0 Å². The Morgan fingerprint density at radius 1 is 1.40 bits per heavy atom. The second kappa shape index (κ2) is 5.81. The van der Waals surface area contributed by atoms with Crippen LogP contribution >= 0.6 is 0 Å². The molecule has 0 bridgehead atoms. The predicted octanol–water partition coefficient (Wildman–Crippen LogP) is 3.59. The smallest absolute Gasteiger partial charge is 0.0309 e. The summed E-state index contributed by atoms with van der Waals surface area (Å²) in [5.41, 5.74) is 2.11. The van der Waals surface area contributed by atoms with Crippen molar-refractivity contribution in [3.05, 3.63) is 11.6 Å². The van der Waals surface area contributed by atoms with Gasteiger partial charge in [-0.1, -0.05) is 25.5 Å². The quantitative estimate of drug-likeness (QED) is 0.772. The second-order valence-corrected chi connectivity index (χ2v) is 7.86. The van der Waals surface area contributed by atoms with Crippen LogP contribution in [0.3, 0.4) is 0 Å². The Hall–Kier alpha value is -0.340. The maximum atomic E-state index is 3.89. The summed E-state index contributed by atoms with van der Waals surface area (Å²) < 4.78 is 0. The zero-order valence-electron chi connectivity index (χ0n) is 13.6. The SMILES string of the molecule is CC(C)C1CNC(C)(C2CC2)CN1CCC1=CCCC1. The fourth-order valence-electron chi connectivity index (χ4n) is 4.21. The summed E-state index contributed by atoms with van der Waals surface area (Å²) >= 11 is 0. The van der Waals surface area contributed by atoms with E-state index in [1.165, 1.54) is 58.2 Å². The molecule has 0 aromatic rings. The van der Waals surface area contributed by atoms with Gasteiger partial charge in [-0.2, -0.15) is 0 Å². The largest absolute Gasteiger partial charge is 0.308 e. The van der Waals surface area contributed by atoms with Gasteiger partial charge in [0.2, 0.25) is 0 Å². The second-order valence-electron chi connectivity index (χ2n) is 7.86. The molecule has 1 aliphatic heterocycles. The van der Waals surface area contributed by atoms with Crippen molar-refractivity contribution in [3.8, 4) is 0 Å². The van der Waals surface area contributed by atoms with Crippen LogP contribution in [-0.2, 0) is 0 Å². The molecule has 0 aromatic carbocycles. The monoisotopic (exact) mass is 276 g/mol. The number of nitrogens with zero attached hydrogens (tertiary/aromatic N) is 1. The Balaban J connectivity index is 1.62. The molecule has 0 amide bonds. The van der Waals surface area contributed by atoms with Gasteiger partial charge in [-0.25, -0.2) is 0 Å². The third kappa shape index (κ3) is 3.12. The van der Waals surface area contributed by atoms with Gasteiger partial charge < -0.3 is 5.32 Å². The van der Waals surface area contributed by atoms with Crippen LogP contribution in [0.1, 0.15) is 59.3 Å². The maximum absolute atomic E-state index is 3.89. The first-order chi connectivity index (χ1) is 9.58. The lowest BCUT2D eigenvalue weighted by Gasteiger charge is -2.48. The van der Waals surface area contributed by atoms with Crippen LogP contribution in [0.25, 0.3) is 0 Å². The summed E-state index contributed by atoms with van der Waals surface area (Å²) in [6.07, 6.45) is 10.8. The van der Waals surface area contributed by atoms with Crippen molar-refractivity contribution in [2.75, 3.05) is 19.6 Å². The molecule has 3 aliphatic rings. The fraction of sp³-hybridized carbons (Fsp3) is 0.889. The highest BCUT2D eigenvalue weighted by Gasteiger charge is 2.46. The molecule has 1 saturated heterocycles. The van der Waals surface area contributed by atoms with E-state index in [1.807, 2.05) is 0 Å². The highest BCUT2D eigenvalue weighted by Crippen LogP contribution is 2.41. The molecule has 2 unspecified atom stereocenters. The van der Waals surface area contributed by atoms with E-state index < -0.39 is 0 Å². The molecule has 20 heavy (non-hydrogen) atoms. The molecule has 3 rings (SSSR count). The Bertz CT molecular complexity index is 370. The number of hydrogen-bond acceptors (Lipinski definition) is 2. The molecule has 0 radical (unpaired) electrons. The van der Waals surface area contributed by atoms with Crippen molar-refractivity contribution in [1.29, 1.82) is 0 Å². The average Bonchev–Trinajstić information content (AvgIpc) is 3.15. The molecule has 1 saturated carbocycles. The van der Waals surface area contributed by atoms with E-state index in [-0.39, 0.29) is 0 Å². The van der Waals surface area contributed by atoms with E-state index in [0.29, 0.717) is 5.54 Å². The molecular formula is C18H32N2. The number of nitrogens with one attached hydrogen (secondary N) is 1. The summed E-state index contributed by atoms with van der Waals surface area (Å²) in [7, 11) is 0. The minimum atomic E-state index is 0.384. The average molecular weight is 276 g/mol. The van der Waals surface area contributed by atoms with E-state index in [9.17, 15) is 0 Å². The number of allylic oxidation sites excluding steroid dienone is 1. The van der Waals surface area contributed by atoms with Crippen LogP contribution in [0.15, 0.2) is 11.6 Å². The fourth-order valence-corrected chi connectivity index (χ4v) is 4.21. The zero-order valence-corrected chi connectivity index (χ0v) is 13.6. The van der Waals surface area contributed by atoms with Gasteiger partial charge in [-0.3, -0.25) is 4.90 Å². The first-order valence-electron chi connectivity index (χ1n) is 8.75. The van der Waals surface area contributed by atoms with Crippen LogP contribution < -0.4 is 5.32 Å². The van der Waals surface area contributed by atoms with Crippen LogP contribution in [0.5, 0.6) is 0 Å². The maximum Gasteiger partial charge on any atom is 0.0309 e. The van der Waals surface area contributed by atoms with Gasteiger partial charge in [0.1, 0.15) is 0 Å². The van der Waals surface area contributed by atoms with Gasteiger partial charge >= 0.3 is 0 Å². The molecule has 2 fully saturated rings. The highest BCUT2D eigenvalue weighted by molar-refractivity contribution is 5.09. The lowest BCUT2D eigenvalue weighted by Crippen LogP contribution is -2.65. The van der Waals surface area contributed by atoms with Gasteiger partial charge in [0, 0.05) is 31.2 Å². The van der Waals surface area contributed by atoms with Gasteiger partial charge in [-0.05, 0) is 57.3 Å². The summed E-state index contributed by atoms with van der Waals surface area (Å²) in [5.74, 6) is 1.69. The number of piperazine rings is 1. The molecule has 1 heterocycles. The minimum absolute atomic E-state index is 0.384. The van der Waals surface area contributed by atoms with Crippen molar-refractivity contribution < 1.29 is 0 Å². The van der Waals surface area contributed by atoms with E-state index in [4.69, 9.17) is 0 Å². The molecule has 0 spiro atoms. The molecule has 2 atom stereocenters. The normalized spacial score (nSPS) is 35.6. The molecule has 1 N–H and O–H groups in total. The molecule has 0 aromatic heterocycles. The van der Waals surface area contributed by atoms with Crippen LogP contribution in [0.4, 0.5) is 0 Å². The Morgan fingerprint density at radius 3 is 2.80 bits per heavy atom. The van der Waals surface area contributed by atoms with E-state index in [0.717, 1.165) is 17.9 Å². The standard InChI is InChI=1S/C18H32N2/c1-14(2)17-12-19-18(3,16-8-9-16)13-20(17)11-10-15-6-4-5-7-15/h6,14,16-17,19H,4-5,7-13H2,1-3H3. The van der Waals surface area contributed by atoms with E-state index >= 15 is 0 Å². The van der Waals surface area contributed by atoms with Crippen molar-refractivity contribution in [2.45, 2.75) is 70.9 Å². The number of rotatable bonds is 5. The Morgan fingerprint density at radius 2 is 2.20 bits per heavy atom. The summed E-state index contributed by atoms with van der Waals surface area (Å²) in [5, 5.41) is 3.89. The van der Waals surface area contributed by atoms with E-state index in [1.54, 1.807) is 5.57 Å². The lowest BCUT2D eigenvalue weighted by molar-refractivity contribution is 0.0533. The van der Waals surface area contributed by atoms with Crippen LogP contribution in [0, 0.1) is 11.8 Å². The van der Waals surface area contributed by atoms with Crippen molar-refractivity contribution >= 4 is 0 Å². The van der Waals surface area contributed by atoms with Gasteiger partial charge in [-0.15, -0.1) is 0 Å². The molecule has 114 valence electrons. The molecule has 2 aliphatic carbocycles. The predicted molar refractivity (Wildman–Crippen MR) is 85.9 cm³/mol. The highest BCUT2D eigenvalue weighted by atomic mass is 15.3. The third-order valence-electron chi connectivity index (χ3n) is 5.82. The van der Waals surface area contributed by atoms with Crippen molar-refractivity contribution in [1.82, 2.24) is 10.2 Å². The molecule has 2 heteroatoms. The van der Waals surface area contributed by atoms with Crippen LogP contribution in [-0.4, -0.2) is 36.1 Å². The van der Waals surface area contributed by atoms with Gasteiger partial charge in [0.25, 0.3) is 0 Å². The first kappa shape index (κ1) is 14.6. The van der Waals surface area contributed by atoms with Gasteiger partial charge in [0.05, 0.1) is 0 Å². The zero-order chi connectivity index (χ0) is 14.2. The summed E-state index contributed by atoms with van der Waals surface area (Å²) in [4.78, 5) is 2.80. The lowest BCUT2D eigenvalue weighted by atomic mass is 9.88. The molecule has 2 nitrogen and oxygen atoms in total. The first-order valence-corrected chi connectivity index (χ1v) is 8.75. The Kier molecular flexibility index (Phi) is 4.24. The van der Waals surface area contributed by atoms with Crippen molar-refractivity contribution in [2.24, 2.45) is 11.8 Å². The summed E-state index contributed by atoms with van der Waals surface area (Å²) in [6, 6.07) is 0.726. The van der Waals surface area contributed by atoms with Gasteiger partial charge in [0.15, 0.2) is 0 Å². The summed E-state index contributed by atoms with van der Waals surface area (Å²) in [6.45, 7) is 10.9. The minimum Gasteiger partial charge on any atom is -0.308 e. The van der Waals surface area contributed by atoms with E-state index in [2.05, 4.69) is 37.1 Å². The Labute approximate surface area is 125 Å². The molecular weight excluding hydrogens is 244 g/mol. The number of hydrogen-bond donors (Lipinski definition) is 1. The van der Waals surface area contributed by atoms with Crippen molar-refractivity contribution in [3.63, 3.8) is 0 Å².